The van der Waals surface area contributed by atoms with Gasteiger partial charge in [-0.05, 0) is 11.5 Å². The molecular weight excluding hydrogens is 207 g/mol. The average molecular weight is 218 g/mol. The highest BCUT2D eigenvalue weighted by atomic mass is 16.5. The van der Waals surface area contributed by atoms with Gasteiger partial charge in [0.25, 0.3) is 0 Å². The molecule has 3 rings (SSSR count). The van der Waals surface area contributed by atoms with E-state index in [2.05, 4.69) is 5.10 Å². The van der Waals surface area contributed by atoms with E-state index in [1.165, 1.54) is 0 Å². The van der Waals surface area contributed by atoms with Crippen LogP contribution in [0.3, 0.4) is 0 Å². The lowest BCUT2D eigenvalue weighted by molar-refractivity contribution is -0.0266. The van der Waals surface area contributed by atoms with Crippen LogP contribution in [-0.4, -0.2) is 40.2 Å². The first-order chi connectivity index (χ1) is 7.75. The lowest BCUT2D eigenvalue weighted by Gasteiger charge is -2.26. The molecule has 0 atom stereocenters. The molecule has 0 spiro atoms. The second-order valence-electron chi connectivity index (χ2n) is 3.97. The van der Waals surface area contributed by atoms with Gasteiger partial charge in [-0.1, -0.05) is 12.1 Å². The molecule has 82 valence electrons. The minimum Gasteiger partial charge on any atom is -0.423 e. The van der Waals surface area contributed by atoms with Crippen LogP contribution in [0.15, 0.2) is 24.4 Å². The third kappa shape index (κ3) is 1.43. The summed E-state index contributed by atoms with van der Waals surface area (Å²) in [6.07, 6.45) is 1.74. The Hall–Kier alpha value is -1.37. The van der Waals surface area contributed by atoms with E-state index in [-0.39, 0.29) is 0 Å². The number of hydrogen-bond acceptors (Lipinski definition) is 4. The Morgan fingerprint density at radius 3 is 2.81 bits per heavy atom. The molecule has 6 heteroatoms. The maximum Gasteiger partial charge on any atom is 0.488 e. The molecule has 1 fully saturated rings. The van der Waals surface area contributed by atoms with Gasteiger partial charge in [-0.2, -0.15) is 5.10 Å². The van der Waals surface area contributed by atoms with Crippen molar-refractivity contribution in [1.82, 2.24) is 9.78 Å². The summed E-state index contributed by atoms with van der Waals surface area (Å²) in [5, 5.41) is 23.3. The van der Waals surface area contributed by atoms with Crippen molar-refractivity contribution in [3.05, 3.63) is 24.4 Å². The van der Waals surface area contributed by atoms with E-state index in [4.69, 9.17) is 14.8 Å². The third-order valence-corrected chi connectivity index (χ3v) is 2.88. The second kappa shape index (κ2) is 3.59. The Morgan fingerprint density at radius 2 is 2.19 bits per heavy atom. The van der Waals surface area contributed by atoms with Crippen LogP contribution in [0.2, 0.25) is 0 Å². The van der Waals surface area contributed by atoms with E-state index < -0.39 is 7.12 Å². The molecule has 0 amide bonds. The fourth-order valence-electron chi connectivity index (χ4n) is 1.89. The third-order valence-electron chi connectivity index (χ3n) is 2.88. The Bertz CT molecular complexity index is 522. The first kappa shape index (κ1) is 9.83. The smallest absolute Gasteiger partial charge is 0.423 e. The molecule has 2 N–H and O–H groups in total. The quantitative estimate of drug-likeness (QED) is 0.653. The standard InChI is InChI=1S/C10H11BN2O3/c14-11(15)8-1-2-10-7(3-8)4-12-13(10)9-5-16-6-9/h1-4,9,14-15H,5-6H2. The van der Waals surface area contributed by atoms with Crippen molar-refractivity contribution in [2.45, 2.75) is 6.04 Å². The molecule has 0 aliphatic carbocycles. The van der Waals surface area contributed by atoms with E-state index in [9.17, 15) is 0 Å². The number of benzene rings is 1. The van der Waals surface area contributed by atoms with Gasteiger partial charge in [-0.3, -0.25) is 4.68 Å². The Labute approximate surface area is 92.4 Å². The van der Waals surface area contributed by atoms with Crippen LogP contribution >= 0.6 is 0 Å². The van der Waals surface area contributed by atoms with Crippen molar-refractivity contribution >= 4 is 23.5 Å². The van der Waals surface area contributed by atoms with Gasteiger partial charge in [-0.25, -0.2) is 0 Å². The summed E-state index contributed by atoms with van der Waals surface area (Å²) in [6.45, 7) is 1.39. The lowest BCUT2D eigenvalue weighted by Crippen LogP contribution is -2.31. The topological polar surface area (TPSA) is 67.5 Å². The van der Waals surface area contributed by atoms with E-state index in [1.807, 2.05) is 10.7 Å². The Morgan fingerprint density at radius 1 is 1.38 bits per heavy atom. The number of nitrogens with zero attached hydrogens (tertiary/aromatic N) is 2. The first-order valence-electron chi connectivity index (χ1n) is 5.17. The summed E-state index contributed by atoms with van der Waals surface area (Å²) in [5.74, 6) is 0. The minimum atomic E-state index is -1.43. The minimum absolute atomic E-state index is 0.308. The molecule has 1 saturated heterocycles. The Kier molecular flexibility index (Phi) is 2.20. The molecule has 1 aromatic carbocycles. The highest BCUT2D eigenvalue weighted by Gasteiger charge is 2.23. The molecule has 0 bridgehead atoms. The molecular formula is C10H11BN2O3. The summed E-state index contributed by atoms with van der Waals surface area (Å²) in [6, 6.07) is 5.60. The number of ether oxygens (including phenoxy) is 1. The zero-order chi connectivity index (χ0) is 11.1. The predicted octanol–water partition coefficient (Wildman–Crippen LogP) is -0.713. The molecule has 1 aliphatic heterocycles. The van der Waals surface area contributed by atoms with E-state index in [1.54, 1.807) is 18.3 Å². The van der Waals surface area contributed by atoms with Crippen LogP contribution in [0.4, 0.5) is 0 Å². The molecule has 0 saturated carbocycles. The average Bonchev–Trinajstić information content (AvgIpc) is 2.59. The maximum atomic E-state index is 9.06. The monoisotopic (exact) mass is 218 g/mol. The fourth-order valence-corrected chi connectivity index (χ4v) is 1.89. The molecule has 16 heavy (non-hydrogen) atoms. The van der Waals surface area contributed by atoms with Crippen LogP contribution in [0.1, 0.15) is 6.04 Å². The highest BCUT2D eigenvalue weighted by molar-refractivity contribution is 6.58. The largest absolute Gasteiger partial charge is 0.488 e. The zero-order valence-electron chi connectivity index (χ0n) is 8.58. The van der Waals surface area contributed by atoms with E-state index in [0.717, 1.165) is 10.9 Å². The van der Waals surface area contributed by atoms with Crippen molar-refractivity contribution in [3.8, 4) is 0 Å². The number of rotatable bonds is 2. The molecule has 1 aliphatic rings. The van der Waals surface area contributed by atoms with Gasteiger partial charge >= 0.3 is 7.12 Å². The predicted molar refractivity (Wildman–Crippen MR) is 59.4 cm³/mol. The van der Waals surface area contributed by atoms with Crippen molar-refractivity contribution < 1.29 is 14.8 Å². The SMILES string of the molecule is OB(O)c1ccc2c(cnn2C2COC2)c1. The molecule has 1 aromatic heterocycles. The van der Waals surface area contributed by atoms with Gasteiger partial charge in [0.05, 0.1) is 31.0 Å². The highest BCUT2D eigenvalue weighted by Crippen LogP contribution is 2.22. The van der Waals surface area contributed by atoms with Gasteiger partial charge in [-0.15, -0.1) is 0 Å². The molecule has 2 heterocycles. The summed E-state index contributed by atoms with van der Waals surface area (Å²) in [5.41, 5.74) is 1.48. The lowest BCUT2D eigenvalue weighted by atomic mass is 9.80. The summed E-state index contributed by atoms with van der Waals surface area (Å²) < 4.78 is 7.05. The number of hydrogen-bond donors (Lipinski definition) is 2. The van der Waals surface area contributed by atoms with Gasteiger partial charge < -0.3 is 14.8 Å². The summed E-state index contributed by atoms with van der Waals surface area (Å²) in [4.78, 5) is 0. The van der Waals surface area contributed by atoms with Crippen LogP contribution in [0.5, 0.6) is 0 Å². The normalized spacial score (nSPS) is 16.4. The van der Waals surface area contributed by atoms with Crippen molar-refractivity contribution in [3.63, 3.8) is 0 Å². The van der Waals surface area contributed by atoms with Crippen molar-refractivity contribution in [2.24, 2.45) is 0 Å². The van der Waals surface area contributed by atoms with Gasteiger partial charge in [0.15, 0.2) is 0 Å². The van der Waals surface area contributed by atoms with E-state index >= 15 is 0 Å². The Balaban J connectivity index is 2.07. The summed E-state index contributed by atoms with van der Waals surface area (Å²) in [7, 11) is -1.43. The van der Waals surface area contributed by atoms with E-state index in [0.29, 0.717) is 24.7 Å². The van der Waals surface area contributed by atoms with Crippen molar-refractivity contribution in [1.29, 1.82) is 0 Å². The van der Waals surface area contributed by atoms with Crippen molar-refractivity contribution in [2.75, 3.05) is 13.2 Å². The number of fused-ring (bicyclic) bond motifs is 1. The number of aromatic nitrogens is 2. The molecule has 0 radical (unpaired) electrons. The van der Waals surface area contributed by atoms with Gasteiger partial charge in [0.2, 0.25) is 0 Å². The first-order valence-corrected chi connectivity index (χ1v) is 5.17. The maximum absolute atomic E-state index is 9.06. The van der Waals surface area contributed by atoms with Crippen LogP contribution < -0.4 is 5.46 Å². The second-order valence-corrected chi connectivity index (χ2v) is 3.97. The van der Waals surface area contributed by atoms with Crippen LogP contribution in [0.25, 0.3) is 10.9 Å². The van der Waals surface area contributed by atoms with Crippen LogP contribution in [-0.2, 0) is 4.74 Å². The summed E-state index contributed by atoms with van der Waals surface area (Å²) >= 11 is 0. The molecule has 5 nitrogen and oxygen atoms in total. The van der Waals surface area contributed by atoms with Gasteiger partial charge in [0.1, 0.15) is 0 Å². The molecule has 0 unspecified atom stereocenters. The van der Waals surface area contributed by atoms with Gasteiger partial charge in [0, 0.05) is 5.39 Å². The van der Waals surface area contributed by atoms with Crippen LogP contribution in [0, 0.1) is 0 Å². The molecule has 2 aromatic rings. The fraction of sp³-hybridized carbons (Fsp3) is 0.300. The zero-order valence-corrected chi connectivity index (χ0v) is 8.58.